The number of rotatable bonds is 5. The fourth-order valence-corrected chi connectivity index (χ4v) is 6.27. The van der Waals surface area contributed by atoms with Gasteiger partial charge in [-0.1, -0.05) is 19.9 Å². The van der Waals surface area contributed by atoms with Crippen LogP contribution in [0, 0.1) is 13.8 Å². The number of ether oxygens (including phenoxy) is 1. The van der Waals surface area contributed by atoms with Crippen LogP contribution in [0.3, 0.4) is 0 Å². The number of benzene rings is 1. The molecule has 0 bridgehead atoms. The quantitative estimate of drug-likeness (QED) is 0.527. The Morgan fingerprint density at radius 3 is 2.50 bits per heavy atom. The molecule has 0 saturated carbocycles. The molecule has 6 nitrogen and oxygen atoms in total. The molecule has 36 heavy (non-hydrogen) atoms. The van der Waals surface area contributed by atoms with Crippen LogP contribution < -0.4 is 5.56 Å². The smallest absolute Gasteiger partial charge is 0.253 e. The molecule has 4 heterocycles. The van der Waals surface area contributed by atoms with Crippen LogP contribution in [0.2, 0.25) is 0 Å². The number of H-pyrrole nitrogens is 1. The lowest BCUT2D eigenvalue weighted by molar-refractivity contribution is -0.0820. The molecule has 0 atom stereocenters. The number of hydrogen-bond acceptors (Lipinski definition) is 4. The van der Waals surface area contributed by atoms with Crippen molar-refractivity contribution in [1.82, 2.24) is 14.5 Å². The van der Waals surface area contributed by atoms with Crippen molar-refractivity contribution in [2.24, 2.45) is 7.05 Å². The highest BCUT2D eigenvalue weighted by atomic mass is 16.5. The molecule has 2 fully saturated rings. The summed E-state index contributed by atoms with van der Waals surface area (Å²) in [5.41, 5.74) is 7.46. The van der Waals surface area contributed by atoms with Crippen molar-refractivity contribution in [3.63, 3.8) is 0 Å². The van der Waals surface area contributed by atoms with Crippen LogP contribution in [-0.4, -0.2) is 58.0 Å². The van der Waals surface area contributed by atoms with Crippen LogP contribution >= 0.6 is 0 Å². The van der Waals surface area contributed by atoms with Crippen LogP contribution in [0.25, 0.3) is 22.2 Å². The molecule has 0 unspecified atom stereocenters. The molecule has 2 aliphatic heterocycles. The van der Waals surface area contributed by atoms with Gasteiger partial charge in [0.25, 0.3) is 5.56 Å². The minimum Gasteiger partial charge on any atom is -0.388 e. The molecule has 5 rings (SSSR count). The number of aromatic nitrogens is 2. The standard InChI is InChI=1S/C30H41N3O3/c1-19(2)27-24-16-23(22-8-12-33(13-9-22)18-30(35)10-14-36-15-11-30)6-7-26(24)31-28(27)25-17-32(5)29(34)21(4)20(25)3/h6-7,16-17,19,22,31,35H,8-15,18H2,1-5H3. The molecular formula is C30H41N3O3. The van der Waals surface area contributed by atoms with Gasteiger partial charge in [0, 0.05) is 67.9 Å². The summed E-state index contributed by atoms with van der Waals surface area (Å²) < 4.78 is 7.15. The third-order valence-corrected chi connectivity index (χ3v) is 8.64. The molecule has 6 heteroatoms. The lowest BCUT2D eigenvalue weighted by Crippen LogP contribution is -2.48. The van der Waals surface area contributed by atoms with Gasteiger partial charge in [-0.15, -0.1) is 0 Å². The van der Waals surface area contributed by atoms with E-state index >= 15 is 0 Å². The van der Waals surface area contributed by atoms with Crippen molar-refractivity contribution in [2.75, 3.05) is 32.8 Å². The van der Waals surface area contributed by atoms with Gasteiger partial charge >= 0.3 is 0 Å². The largest absolute Gasteiger partial charge is 0.388 e. The van der Waals surface area contributed by atoms with E-state index in [1.54, 1.807) is 4.57 Å². The number of likely N-dealkylation sites (tertiary alicyclic amines) is 1. The van der Waals surface area contributed by atoms with Crippen molar-refractivity contribution in [3.8, 4) is 11.3 Å². The normalized spacial score (nSPS) is 19.4. The molecule has 0 aliphatic carbocycles. The first-order chi connectivity index (χ1) is 17.2. The monoisotopic (exact) mass is 491 g/mol. The summed E-state index contributed by atoms with van der Waals surface area (Å²) in [6.45, 7) is 12.6. The van der Waals surface area contributed by atoms with Crippen LogP contribution in [0.4, 0.5) is 0 Å². The summed E-state index contributed by atoms with van der Waals surface area (Å²) in [4.78, 5) is 18.6. The highest BCUT2D eigenvalue weighted by Crippen LogP contribution is 2.39. The zero-order valence-corrected chi connectivity index (χ0v) is 22.5. The molecule has 2 aliphatic rings. The summed E-state index contributed by atoms with van der Waals surface area (Å²) in [5.74, 6) is 0.887. The molecular weight excluding hydrogens is 450 g/mol. The SMILES string of the molecule is Cc1c(-c2[nH]c3ccc(C4CCN(CC5(O)CCOCC5)CC4)cc3c2C(C)C)cn(C)c(=O)c1C. The first-order valence-electron chi connectivity index (χ1n) is 13.5. The van der Waals surface area contributed by atoms with Crippen LogP contribution in [0.1, 0.15) is 73.6 Å². The van der Waals surface area contributed by atoms with Gasteiger partial charge in [0.1, 0.15) is 0 Å². The van der Waals surface area contributed by atoms with E-state index in [2.05, 4.69) is 48.9 Å². The Balaban J connectivity index is 1.42. The van der Waals surface area contributed by atoms with Gasteiger partial charge in [-0.25, -0.2) is 0 Å². The number of aromatic amines is 1. The van der Waals surface area contributed by atoms with Gasteiger partial charge in [-0.2, -0.15) is 0 Å². The second kappa shape index (κ2) is 9.81. The fourth-order valence-electron chi connectivity index (χ4n) is 6.27. The van der Waals surface area contributed by atoms with Crippen molar-refractivity contribution >= 4 is 10.9 Å². The average Bonchev–Trinajstić information content (AvgIpc) is 3.24. The first-order valence-corrected chi connectivity index (χ1v) is 13.5. The Kier molecular flexibility index (Phi) is 6.88. The van der Waals surface area contributed by atoms with Gasteiger partial charge < -0.3 is 24.3 Å². The van der Waals surface area contributed by atoms with Gasteiger partial charge in [0.05, 0.1) is 11.3 Å². The van der Waals surface area contributed by atoms with E-state index in [-0.39, 0.29) is 5.56 Å². The van der Waals surface area contributed by atoms with Gasteiger partial charge in [0.15, 0.2) is 0 Å². The minimum absolute atomic E-state index is 0.0658. The fraction of sp³-hybridized carbons (Fsp3) is 0.567. The summed E-state index contributed by atoms with van der Waals surface area (Å²) in [5, 5.41) is 12.2. The molecule has 1 aromatic carbocycles. The van der Waals surface area contributed by atoms with Gasteiger partial charge in [0.2, 0.25) is 0 Å². The Morgan fingerprint density at radius 1 is 1.14 bits per heavy atom. The van der Waals surface area contributed by atoms with E-state index < -0.39 is 5.60 Å². The highest BCUT2D eigenvalue weighted by molar-refractivity contribution is 5.92. The van der Waals surface area contributed by atoms with E-state index in [0.29, 0.717) is 25.0 Å². The van der Waals surface area contributed by atoms with E-state index in [4.69, 9.17) is 4.74 Å². The van der Waals surface area contributed by atoms with Crippen LogP contribution in [0.5, 0.6) is 0 Å². The number of fused-ring (bicyclic) bond motifs is 1. The van der Waals surface area contributed by atoms with Crippen molar-refractivity contribution in [2.45, 2.75) is 70.8 Å². The minimum atomic E-state index is -0.588. The van der Waals surface area contributed by atoms with Gasteiger partial charge in [-0.3, -0.25) is 4.79 Å². The average molecular weight is 492 g/mol. The lowest BCUT2D eigenvalue weighted by Gasteiger charge is -2.40. The van der Waals surface area contributed by atoms with E-state index in [1.807, 2.05) is 20.2 Å². The summed E-state index contributed by atoms with van der Waals surface area (Å²) >= 11 is 0. The maximum absolute atomic E-state index is 12.5. The van der Waals surface area contributed by atoms with E-state index in [0.717, 1.165) is 73.2 Å². The van der Waals surface area contributed by atoms with Crippen molar-refractivity contribution in [1.29, 1.82) is 0 Å². The lowest BCUT2D eigenvalue weighted by atomic mass is 9.86. The maximum atomic E-state index is 12.5. The molecule has 2 saturated heterocycles. The third kappa shape index (κ3) is 4.67. The summed E-state index contributed by atoms with van der Waals surface area (Å²) in [6, 6.07) is 6.93. The number of aryl methyl sites for hydroxylation is 1. The second-order valence-corrected chi connectivity index (χ2v) is 11.5. The molecule has 2 aromatic heterocycles. The Labute approximate surface area is 214 Å². The molecule has 0 radical (unpaired) electrons. The topological polar surface area (TPSA) is 70.5 Å². The highest BCUT2D eigenvalue weighted by Gasteiger charge is 2.33. The Bertz CT molecular complexity index is 1310. The number of aliphatic hydroxyl groups is 1. The molecule has 3 aromatic rings. The Hall–Kier alpha value is -2.41. The van der Waals surface area contributed by atoms with Crippen LogP contribution in [-0.2, 0) is 11.8 Å². The molecule has 2 N–H and O–H groups in total. The molecule has 0 amide bonds. The maximum Gasteiger partial charge on any atom is 0.253 e. The van der Waals surface area contributed by atoms with E-state index in [9.17, 15) is 9.90 Å². The van der Waals surface area contributed by atoms with Gasteiger partial charge in [-0.05, 0) is 80.4 Å². The van der Waals surface area contributed by atoms with Crippen molar-refractivity contribution in [3.05, 3.63) is 57.0 Å². The first kappa shape index (κ1) is 25.2. The van der Waals surface area contributed by atoms with Crippen LogP contribution in [0.15, 0.2) is 29.2 Å². The number of nitrogens with zero attached hydrogens (tertiary/aromatic N) is 2. The molecule has 194 valence electrons. The number of nitrogens with one attached hydrogen (secondary N) is 1. The third-order valence-electron chi connectivity index (χ3n) is 8.64. The zero-order valence-electron chi connectivity index (χ0n) is 22.5. The number of β-amino-alcohol motifs (C(OH)–C–C–N with tert-alkyl or cyclic N) is 1. The second-order valence-electron chi connectivity index (χ2n) is 11.5. The Morgan fingerprint density at radius 2 is 1.83 bits per heavy atom. The number of hydrogen-bond donors (Lipinski definition) is 2. The zero-order chi connectivity index (χ0) is 25.6. The number of pyridine rings is 1. The predicted molar refractivity (Wildman–Crippen MR) is 146 cm³/mol. The molecule has 0 spiro atoms. The van der Waals surface area contributed by atoms with E-state index in [1.165, 1.54) is 16.5 Å². The van der Waals surface area contributed by atoms with Crippen molar-refractivity contribution < 1.29 is 9.84 Å². The summed E-state index contributed by atoms with van der Waals surface area (Å²) in [7, 11) is 1.83. The summed E-state index contributed by atoms with van der Waals surface area (Å²) in [6.07, 6.45) is 5.69. The predicted octanol–water partition coefficient (Wildman–Crippen LogP) is 4.99. The number of piperidine rings is 1.